The average molecular weight is 302 g/mol. The SMILES string of the molecule is O=C(N/N=C(/c1ccccc1)c1cccnc1)c1cccnc1. The van der Waals surface area contributed by atoms with E-state index in [1.165, 1.54) is 6.20 Å². The number of pyridine rings is 2. The Hall–Kier alpha value is -3.34. The second-order valence-corrected chi connectivity index (χ2v) is 4.75. The molecule has 1 N–H and O–H groups in total. The molecule has 3 aromatic rings. The first-order valence-electron chi connectivity index (χ1n) is 7.08. The van der Waals surface area contributed by atoms with Gasteiger partial charge in [-0.05, 0) is 24.3 Å². The Kier molecular flexibility index (Phi) is 4.49. The average Bonchev–Trinajstić information content (AvgIpc) is 2.64. The molecule has 0 saturated heterocycles. The number of aromatic nitrogens is 2. The van der Waals surface area contributed by atoms with Crippen molar-refractivity contribution in [2.24, 2.45) is 5.10 Å². The summed E-state index contributed by atoms with van der Waals surface area (Å²) in [4.78, 5) is 20.2. The Bertz CT molecular complexity index is 761. The van der Waals surface area contributed by atoms with Crippen LogP contribution in [0, 0.1) is 0 Å². The van der Waals surface area contributed by atoms with Crippen molar-refractivity contribution in [3.63, 3.8) is 0 Å². The molecule has 1 amide bonds. The van der Waals surface area contributed by atoms with Crippen LogP contribution < -0.4 is 5.43 Å². The summed E-state index contributed by atoms with van der Waals surface area (Å²) in [6.07, 6.45) is 6.52. The molecule has 112 valence electrons. The molecule has 5 heteroatoms. The topological polar surface area (TPSA) is 67.2 Å². The highest BCUT2D eigenvalue weighted by Gasteiger charge is 2.09. The molecule has 5 nitrogen and oxygen atoms in total. The number of nitrogens with one attached hydrogen (secondary N) is 1. The number of benzene rings is 1. The second kappa shape index (κ2) is 7.09. The first-order chi connectivity index (χ1) is 11.3. The number of carbonyl (C=O) groups is 1. The van der Waals surface area contributed by atoms with E-state index in [1.807, 2.05) is 42.5 Å². The molecule has 0 aliphatic heterocycles. The van der Waals surface area contributed by atoms with Crippen molar-refractivity contribution in [1.29, 1.82) is 0 Å². The van der Waals surface area contributed by atoms with Crippen LogP contribution in [-0.2, 0) is 0 Å². The van der Waals surface area contributed by atoms with E-state index < -0.39 is 0 Å². The standard InChI is InChI=1S/C18H14N4O/c23-18(16-9-5-11-20-13-16)22-21-17(14-6-2-1-3-7-14)15-8-4-10-19-12-15/h1-13H,(H,22,23)/b21-17-. The van der Waals surface area contributed by atoms with Gasteiger partial charge in [-0.1, -0.05) is 30.3 Å². The van der Waals surface area contributed by atoms with Crippen molar-refractivity contribution in [3.05, 3.63) is 96.1 Å². The number of hydrogen-bond donors (Lipinski definition) is 1. The van der Waals surface area contributed by atoms with Crippen LogP contribution in [-0.4, -0.2) is 21.6 Å². The zero-order valence-corrected chi connectivity index (χ0v) is 12.3. The zero-order chi connectivity index (χ0) is 15.9. The van der Waals surface area contributed by atoms with E-state index >= 15 is 0 Å². The van der Waals surface area contributed by atoms with Gasteiger partial charge in [0.2, 0.25) is 0 Å². The van der Waals surface area contributed by atoms with Gasteiger partial charge in [-0.25, -0.2) is 5.43 Å². The smallest absolute Gasteiger partial charge is 0.267 e. The van der Waals surface area contributed by atoms with E-state index in [1.54, 1.807) is 30.7 Å². The number of carbonyl (C=O) groups excluding carboxylic acids is 1. The highest BCUT2D eigenvalue weighted by molar-refractivity contribution is 6.13. The Balaban J connectivity index is 1.91. The Morgan fingerprint density at radius 3 is 2.00 bits per heavy atom. The van der Waals surface area contributed by atoms with Gasteiger partial charge in [-0.15, -0.1) is 0 Å². The molecule has 1 aromatic carbocycles. The Labute approximate surface area is 133 Å². The van der Waals surface area contributed by atoms with Crippen molar-refractivity contribution in [1.82, 2.24) is 15.4 Å². The van der Waals surface area contributed by atoms with Gasteiger partial charge in [-0.3, -0.25) is 14.8 Å². The van der Waals surface area contributed by atoms with Crippen LogP contribution in [0.4, 0.5) is 0 Å². The van der Waals surface area contributed by atoms with E-state index in [0.717, 1.165) is 11.1 Å². The molecule has 0 bridgehead atoms. The highest BCUT2D eigenvalue weighted by atomic mass is 16.2. The summed E-state index contributed by atoms with van der Waals surface area (Å²) >= 11 is 0. The van der Waals surface area contributed by atoms with Gasteiger partial charge < -0.3 is 0 Å². The second-order valence-electron chi connectivity index (χ2n) is 4.75. The molecule has 0 saturated carbocycles. The van der Waals surface area contributed by atoms with Crippen molar-refractivity contribution in [2.45, 2.75) is 0 Å². The van der Waals surface area contributed by atoms with E-state index in [2.05, 4.69) is 20.5 Å². The molecule has 0 fully saturated rings. The monoisotopic (exact) mass is 302 g/mol. The van der Waals surface area contributed by atoms with E-state index in [4.69, 9.17) is 0 Å². The quantitative estimate of drug-likeness (QED) is 0.595. The minimum Gasteiger partial charge on any atom is -0.267 e. The summed E-state index contributed by atoms with van der Waals surface area (Å²) in [6, 6.07) is 16.8. The van der Waals surface area contributed by atoms with Crippen molar-refractivity contribution in [2.75, 3.05) is 0 Å². The molecule has 0 aliphatic carbocycles. The molecule has 2 aromatic heterocycles. The van der Waals surface area contributed by atoms with Gasteiger partial charge in [0.1, 0.15) is 0 Å². The predicted molar refractivity (Wildman–Crippen MR) is 88.0 cm³/mol. The van der Waals surface area contributed by atoms with Crippen molar-refractivity contribution >= 4 is 11.6 Å². The van der Waals surface area contributed by atoms with Gasteiger partial charge in [0.15, 0.2) is 0 Å². The molecule has 0 unspecified atom stereocenters. The first kappa shape index (κ1) is 14.6. The van der Waals surface area contributed by atoms with Gasteiger partial charge in [0.25, 0.3) is 5.91 Å². The van der Waals surface area contributed by atoms with Crippen LogP contribution in [0.3, 0.4) is 0 Å². The number of rotatable bonds is 4. The maximum absolute atomic E-state index is 12.1. The molecule has 0 spiro atoms. The molecular weight excluding hydrogens is 288 g/mol. The molecule has 0 aliphatic rings. The van der Waals surface area contributed by atoms with Gasteiger partial charge in [0, 0.05) is 35.9 Å². The van der Waals surface area contributed by atoms with Gasteiger partial charge in [-0.2, -0.15) is 5.10 Å². The molecule has 3 rings (SSSR count). The summed E-state index contributed by atoms with van der Waals surface area (Å²) in [5, 5.41) is 4.29. The van der Waals surface area contributed by atoms with Crippen LogP contribution in [0.1, 0.15) is 21.5 Å². The van der Waals surface area contributed by atoms with E-state index in [0.29, 0.717) is 11.3 Å². The maximum atomic E-state index is 12.1. The number of nitrogens with zero attached hydrogens (tertiary/aromatic N) is 3. The Morgan fingerprint density at radius 1 is 0.783 bits per heavy atom. The molecular formula is C18H14N4O. The predicted octanol–water partition coefficient (Wildman–Crippen LogP) is 2.66. The molecule has 0 atom stereocenters. The van der Waals surface area contributed by atoms with Crippen molar-refractivity contribution < 1.29 is 4.79 Å². The fourth-order valence-electron chi connectivity index (χ4n) is 2.06. The van der Waals surface area contributed by atoms with E-state index in [-0.39, 0.29) is 5.91 Å². The van der Waals surface area contributed by atoms with Crippen LogP contribution >= 0.6 is 0 Å². The fraction of sp³-hybridized carbons (Fsp3) is 0. The summed E-state index contributed by atoms with van der Waals surface area (Å²) in [5.74, 6) is -0.310. The zero-order valence-electron chi connectivity index (χ0n) is 12.3. The summed E-state index contributed by atoms with van der Waals surface area (Å²) < 4.78 is 0. The summed E-state index contributed by atoms with van der Waals surface area (Å²) in [6.45, 7) is 0. The normalized spacial score (nSPS) is 11.0. The molecule has 2 heterocycles. The lowest BCUT2D eigenvalue weighted by Gasteiger charge is -2.07. The third-order valence-corrected chi connectivity index (χ3v) is 3.18. The Morgan fingerprint density at radius 2 is 1.39 bits per heavy atom. The van der Waals surface area contributed by atoms with Crippen LogP contribution in [0.25, 0.3) is 0 Å². The minimum absolute atomic E-state index is 0.310. The maximum Gasteiger partial charge on any atom is 0.272 e. The minimum atomic E-state index is -0.310. The lowest BCUT2D eigenvalue weighted by Crippen LogP contribution is -2.20. The molecule has 0 radical (unpaired) electrons. The van der Waals surface area contributed by atoms with Crippen LogP contribution in [0.5, 0.6) is 0 Å². The van der Waals surface area contributed by atoms with Crippen LogP contribution in [0.2, 0.25) is 0 Å². The third kappa shape index (κ3) is 3.65. The number of amides is 1. The van der Waals surface area contributed by atoms with E-state index in [9.17, 15) is 4.79 Å². The van der Waals surface area contributed by atoms with Crippen LogP contribution in [0.15, 0.2) is 84.5 Å². The largest absolute Gasteiger partial charge is 0.272 e. The lowest BCUT2D eigenvalue weighted by molar-refractivity contribution is 0.0954. The molecule has 23 heavy (non-hydrogen) atoms. The van der Waals surface area contributed by atoms with Crippen molar-refractivity contribution in [3.8, 4) is 0 Å². The fourth-order valence-corrected chi connectivity index (χ4v) is 2.06. The van der Waals surface area contributed by atoms with Gasteiger partial charge >= 0.3 is 0 Å². The lowest BCUT2D eigenvalue weighted by atomic mass is 10.0. The summed E-state index contributed by atoms with van der Waals surface area (Å²) in [5.41, 5.74) is 5.40. The highest BCUT2D eigenvalue weighted by Crippen LogP contribution is 2.09. The number of hydrazone groups is 1. The van der Waals surface area contributed by atoms with Gasteiger partial charge in [0.05, 0.1) is 11.3 Å². The number of hydrogen-bond acceptors (Lipinski definition) is 4. The third-order valence-electron chi connectivity index (χ3n) is 3.18. The first-order valence-corrected chi connectivity index (χ1v) is 7.08. The summed E-state index contributed by atoms with van der Waals surface area (Å²) in [7, 11) is 0.